The second kappa shape index (κ2) is 7.00. The van der Waals surface area contributed by atoms with Gasteiger partial charge in [0.25, 0.3) is 0 Å². The Kier molecular flexibility index (Phi) is 5.61. The van der Waals surface area contributed by atoms with Crippen LogP contribution in [0.4, 0.5) is 0 Å². The molecule has 0 aromatic heterocycles. The summed E-state index contributed by atoms with van der Waals surface area (Å²) in [6, 6.07) is 0. The van der Waals surface area contributed by atoms with E-state index in [-0.39, 0.29) is 0 Å². The van der Waals surface area contributed by atoms with E-state index in [0.717, 1.165) is 42.7 Å². The minimum Gasteiger partial charge on any atom is -0.266 e. The monoisotopic (exact) mass is 230 g/mol. The molecule has 0 atom stereocenters. The first-order valence-corrected chi connectivity index (χ1v) is 6.32. The maximum absolute atomic E-state index is 4.38. The molecule has 0 radical (unpaired) electrons. The summed E-state index contributed by atoms with van der Waals surface area (Å²) in [5, 5.41) is 0. The topological polar surface area (TPSA) is 24.7 Å². The van der Waals surface area contributed by atoms with Gasteiger partial charge in [-0.1, -0.05) is 26.8 Å². The lowest BCUT2D eigenvalue weighted by molar-refractivity contribution is 0.987. The first-order chi connectivity index (χ1) is 8.19. The third kappa shape index (κ3) is 4.14. The van der Waals surface area contributed by atoms with Crippen LogP contribution in [0.3, 0.4) is 0 Å². The van der Waals surface area contributed by atoms with Gasteiger partial charge in [-0.3, -0.25) is 9.98 Å². The van der Waals surface area contributed by atoms with Gasteiger partial charge in [-0.2, -0.15) is 0 Å². The molecule has 0 unspecified atom stereocenters. The van der Waals surface area contributed by atoms with E-state index < -0.39 is 0 Å². The smallest absolute Gasteiger partial charge is 0.0688 e. The van der Waals surface area contributed by atoms with Gasteiger partial charge in [0.15, 0.2) is 0 Å². The molecule has 1 aliphatic rings. The van der Waals surface area contributed by atoms with Crippen molar-refractivity contribution >= 4 is 11.9 Å². The molecule has 0 amide bonds. The van der Waals surface area contributed by atoms with E-state index in [1.54, 1.807) is 0 Å². The van der Waals surface area contributed by atoms with Crippen LogP contribution in [0.2, 0.25) is 0 Å². The number of rotatable bonds is 6. The van der Waals surface area contributed by atoms with Crippen molar-refractivity contribution in [2.45, 2.75) is 46.5 Å². The van der Waals surface area contributed by atoms with Crippen LogP contribution in [-0.2, 0) is 0 Å². The average molecular weight is 230 g/mol. The van der Waals surface area contributed by atoms with Crippen LogP contribution in [0.25, 0.3) is 0 Å². The highest BCUT2D eigenvalue weighted by molar-refractivity contribution is 5.82. The average Bonchev–Trinajstić information content (AvgIpc) is 2.77. The molecular weight excluding hydrogens is 208 g/mol. The van der Waals surface area contributed by atoms with Crippen molar-refractivity contribution in [3.63, 3.8) is 0 Å². The Morgan fingerprint density at radius 2 is 2.29 bits per heavy atom. The maximum Gasteiger partial charge on any atom is 0.0688 e. The summed E-state index contributed by atoms with van der Waals surface area (Å²) in [7, 11) is 0. The Hall–Kier alpha value is -1.44. The van der Waals surface area contributed by atoms with E-state index in [4.69, 9.17) is 0 Å². The summed E-state index contributed by atoms with van der Waals surface area (Å²) in [6.45, 7) is 10.4. The number of nitrogens with zero attached hydrogens (tertiary/aromatic N) is 2. The molecule has 0 bridgehead atoms. The molecule has 1 rings (SSSR count). The summed E-state index contributed by atoms with van der Waals surface area (Å²) in [5.41, 5.74) is 4.54. The highest BCUT2D eigenvalue weighted by atomic mass is 14.8. The summed E-state index contributed by atoms with van der Waals surface area (Å²) in [5.74, 6) is 0. The minimum absolute atomic E-state index is 0.962. The standard InChI is InChI=1S/C15H22N2/c1-5-7-13(4)16-10-8-12(3)15-14(6-2)9-11-17-15/h8,10-11H,3,5-7,9H2,1-2,4H3/b10-8-,16-13?. The van der Waals surface area contributed by atoms with Crippen molar-refractivity contribution in [2.75, 3.05) is 0 Å². The van der Waals surface area contributed by atoms with Crippen LogP contribution in [0.5, 0.6) is 0 Å². The number of hydrogen-bond acceptors (Lipinski definition) is 2. The van der Waals surface area contributed by atoms with Crippen LogP contribution in [0.1, 0.15) is 46.5 Å². The molecule has 0 N–H and O–H groups in total. The lowest BCUT2D eigenvalue weighted by Gasteiger charge is -2.02. The first-order valence-electron chi connectivity index (χ1n) is 6.32. The normalized spacial score (nSPS) is 16.3. The lowest BCUT2D eigenvalue weighted by atomic mass is 10.1. The van der Waals surface area contributed by atoms with Gasteiger partial charge in [-0.25, -0.2) is 0 Å². The fraction of sp³-hybridized carbons (Fsp3) is 0.467. The van der Waals surface area contributed by atoms with Gasteiger partial charge in [-0.05, 0) is 37.0 Å². The molecule has 17 heavy (non-hydrogen) atoms. The Morgan fingerprint density at radius 1 is 1.53 bits per heavy atom. The van der Waals surface area contributed by atoms with Crippen LogP contribution >= 0.6 is 0 Å². The predicted molar refractivity (Wildman–Crippen MR) is 76.7 cm³/mol. The van der Waals surface area contributed by atoms with Crippen LogP contribution in [0, 0.1) is 0 Å². The van der Waals surface area contributed by atoms with Crippen LogP contribution in [0.15, 0.2) is 45.7 Å². The van der Waals surface area contributed by atoms with E-state index in [0.29, 0.717) is 0 Å². The third-order valence-electron chi connectivity index (χ3n) is 2.81. The summed E-state index contributed by atoms with van der Waals surface area (Å²) >= 11 is 0. The summed E-state index contributed by atoms with van der Waals surface area (Å²) < 4.78 is 0. The zero-order chi connectivity index (χ0) is 12.7. The number of hydrogen-bond donors (Lipinski definition) is 0. The van der Waals surface area contributed by atoms with E-state index >= 15 is 0 Å². The maximum atomic E-state index is 4.38. The Bertz CT molecular complexity index is 395. The summed E-state index contributed by atoms with van der Waals surface area (Å²) in [6.07, 6.45) is 9.95. The molecule has 0 fully saturated rings. The van der Waals surface area contributed by atoms with Crippen molar-refractivity contribution in [2.24, 2.45) is 9.98 Å². The Labute approximate surface area is 105 Å². The minimum atomic E-state index is 0.962. The zero-order valence-corrected chi connectivity index (χ0v) is 11.2. The fourth-order valence-electron chi connectivity index (χ4n) is 1.82. The van der Waals surface area contributed by atoms with Crippen molar-refractivity contribution in [1.29, 1.82) is 0 Å². The van der Waals surface area contributed by atoms with Crippen molar-refractivity contribution < 1.29 is 0 Å². The van der Waals surface area contributed by atoms with E-state index in [2.05, 4.69) is 37.3 Å². The highest BCUT2D eigenvalue weighted by Gasteiger charge is 2.09. The molecule has 2 nitrogen and oxygen atoms in total. The molecule has 0 aliphatic carbocycles. The summed E-state index contributed by atoms with van der Waals surface area (Å²) in [4.78, 5) is 8.75. The van der Waals surface area contributed by atoms with Gasteiger partial charge in [0.05, 0.1) is 5.70 Å². The van der Waals surface area contributed by atoms with Gasteiger partial charge in [0, 0.05) is 24.5 Å². The first kappa shape index (κ1) is 13.6. The SMILES string of the molecule is C=C(/C=C\N=C(C)CCC)C1=C(CC)CC=N1. The highest BCUT2D eigenvalue weighted by Crippen LogP contribution is 2.24. The molecule has 92 valence electrons. The van der Waals surface area contributed by atoms with E-state index in [9.17, 15) is 0 Å². The quantitative estimate of drug-likeness (QED) is 0.475. The molecular formula is C15H22N2. The van der Waals surface area contributed by atoms with Gasteiger partial charge in [-0.15, -0.1) is 0 Å². The third-order valence-corrected chi connectivity index (χ3v) is 2.81. The Morgan fingerprint density at radius 3 is 2.94 bits per heavy atom. The molecule has 1 heterocycles. The van der Waals surface area contributed by atoms with Gasteiger partial charge in [0.2, 0.25) is 0 Å². The number of allylic oxidation sites excluding steroid dienone is 2. The second-order valence-electron chi connectivity index (χ2n) is 4.28. The molecule has 0 saturated carbocycles. The molecule has 0 spiro atoms. The zero-order valence-electron chi connectivity index (χ0n) is 11.2. The van der Waals surface area contributed by atoms with Gasteiger partial charge < -0.3 is 0 Å². The van der Waals surface area contributed by atoms with Crippen molar-refractivity contribution in [1.82, 2.24) is 0 Å². The van der Waals surface area contributed by atoms with Crippen molar-refractivity contribution in [3.8, 4) is 0 Å². The van der Waals surface area contributed by atoms with Crippen LogP contribution < -0.4 is 0 Å². The lowest BCUT2D eigenvalue weighted by Crippen LogP contribution is -1.88. The fourth-order valence-corrected chi connectivity index (χ4v) is 1.82. The molecule has 0 aromatic carbocycles. The molecule has 2 heteroatoms. The largest absolute Gasteiger partial charge is 0.266 e. The van der Waals surface area contributed by atoms with E-state index in [1.165, 1.54) is 5.57 Å². The molecule has 0 aromatic rings. The molecule has 0 saturated heterocycles. The van der Waals surface area contributed by atoms with Crippen LogP contribution in [-0.4, -0.2) is 11.9 Å². The molecule has 1 aliphatic heterocycles. The predicted octanol–water partition coefficient (Wildman–Crippen LogP) is 4.46. The van der Waals surface area contributed by atoms with Gasteiger partial charge >= 0.3 is 0 Å². The Balaban J connectivity index is 2.64. The van der Waals surface area contributed by atoms with Crippen molar-refractivity contribution in [3.05, 3.63) is 35.7 Å². The van der Waals surface area contributed by atoms with Gasteiger partial charge in [0.1, 0.15) is 0 Å². The van der Waals surface area contributed by atoms with E-state index in [1.807, 2.05) is 18.5 Å². The number of aliphatic imine (C=N–C) groups is 2. The second-order valence-corrected chi connectivity index (χ2v) is 4.28.